The number of hydrogen-bond donors (Lipinski definition) is 1. The van der Waals surface area contributed by atoms with E-state index in [1.807, 2.05) is 11.9 Å². The summed E-state index contributed by atoms with van der Waals surface area (Å²) in [5.74, 6) is 0.679. The van der Waals surface area contributed by atoms with E-state index in [-0.39, 0.29) is 0 Å². The zero-order chi connectivity index (χ0) is 10.1. The maximum absolute atomic E-state index is 5.76. The van der Waals surface area contributed by atoms with Crippen molar-refractivity contribution < 1.29 is 0 Å². The van der Waals surface area contributed by atoms with Gasteiger partial charge in [0.25, 0.3) is 0 Å². The van der Waals surface area contributed by atoms with Gasteiger partial charge in [0.1, 0.15) is 0 Å². The molecule has 0 rings (SSSR count). The molecule has 0 bridgehead atoms. The molecule has 78 valence electrons. The van der Waals surface area contributed by atoms with Crippen molar-refractivity contribution in [2.24, 2.45) is 10.7 Å². The fourth-order valence-electron chi connectivity index (χ4n) is 1.06. The summed E-state index contributed by atoms with van der Waals surface area (Å²) in [6, 6.07) is 0. The van der Waals surface area contributed by atoms with E-state index >= 15 is 0 Å². The van der Waals surface area contributed by atoms with Crippen molar-refractivity contribution in [1.82, 2.24) is 4.90 Å². The molecule has 0 radical (unpaired) electrons. The maximum atomic E-state index is 5.76. The molecule has 3 heteroatoms. The lowest BCUT2D eigenvalue weighted by atomic mass is 10.2. The Balaban J connectivity index is 3.61. The predicted octanol–water partition coefficient (Wildman–Crippen LogP) is 1.83. The van der Waals surface area contributed by atoms with E-state index in [9.17, 15) is 0 Å². The first-order chi connectivity index (χ1) is 6.22. The van der Waals surface area contributed by atoms with Crippen LogP contribution in [0, 0.1) is 0 Å². The smallest absolute Gasteiger partial charge is 0.190 e. The zero-order valence-corrected chi connectivity index (χ0v) is 9.21. The van der Waals surface area contributed by atoms with Gasteiger partial charge in [-0.2, -0.15) is 0 Å². The summed E-state index contributed by atoms with van der Waals surface area (Å²) >= 11 is 0. The van der Waals surface area contributed by atoms with Gasteiger partial charge in [0.05, 0.1) is 0 Å². The van der Waals surface area contributed by atoms with Crippen LogP contribution in [0.5, 0.6) is 0 Å². The molecule has 0 saturated heterocycles. The van der Waals surface area contributed by atoms with Gasteiger partial charge in [-0.1, -0.05) is 26.7 Å². The highest BCUT2D eigenvalue weighted by atomic mass is 15.2. The maximum Gasteiger partial charge on any atom is 0.190 e. The van der Waals surface area contributed by atoms with E-state index < -0.39 is 0 Å². The van der Waals surface area contributed by atoms with Gasteiger partial charge in [0, 0.05) is 20.1 Å². The van der Waals surface area contributed by atoms with Crippen LogP contribution in [-0.4, -0.2) is 31.0 Å². The van der Waals surface area contributed by atoms with Crippen molar-refractivity contribution in [2.75, 3.05) is 20.1 Å². The van der Waals surface area contributed by atoms with E-state index in [1.54, 1.807) is 0 Å². The Morgan fingerprint density at radius 2 is 1.92 bits per heavy atom. The summed E-state index contributed by atoms with van der Waals surface area (Å²) in [4.78, 5) is 6.27. The minimum atomic E-state index is 0.679. The fourth-order valence-corrected chi connectivity index (χ4v) is 1.06. The molecule has 0 atom stereocenters. The molecule has 0 heterocycles. The second kappa shape index (κ2) is 7.90. The highest BCUT2D eigenvalue weighted by Gasteiger charge is 1.99. The number of nitrogens with zero attached hydrogens (tertiary/aromatic N) is 2. The first-order valence-electron chi connectivity index (χ1n) is 5.23. The number of guanidine groups is 1. The van der Waals surface area contributed by atoms with Gasteiger partial charge in [-0.05, 0) is 12.8 Å². The van der Waals surface area contributed by atoms with Crippen molar-refractivity contribution >= 4 is 5.96 Å². The Bertz CT molecular complexity index is 143. The molecule has 0 aromatic carbocycles. The molecule has 0 saturated carbocycles. The van der Waals surface area contributed by atoms with Crippen LogP contribution in [0.4, 0.5) is 0 Å². The summed E-state index contributed by atoms with van der Waals surface area (Å²) in [5.41, 5.74) is 5.76. The largest absolute Gasteiger partial charge is 0.370 e. The third-order valence-electron chi connectivity index (χ3n) is 1.99. The summed E-state index contributed by atoms with van der Waals surface area (Å²) in [7, 11) is 2.00. The Morgan fingerprint density at radius 1 is 1.23 bits per heavy atom. The monoisotopic (exact) mass is 185 g/mol. The molecular formula is C10H23N3. The minimum absolute atomic E-state index is 0.679. The van der Waals surface area contributed by atoms with E-state index in [2.05, 4.69) is 18.8 Å². The van der Waals surface area contributed by atoms with E-state index in [0.717, 1.165) is 19.5 Å². The number of nitrogens with two attached hydrogens (primary N) is 1. The highest BCUT2D eigenvalue weighted by Crippen LogP contribution is 1.96. The van der Waals surface area contributed by atoms with Crippen LogP contribution in [0.1, 0.15) is 39.5 Å². The van der Waals surface area contributed by atoms with Gasteiger partial charge in [0.2, 0.25) is 0 Å². The van der Waals surface area contributed by atoms with Crippen molar-refractivity contribution in [3.8, 4) is 0 Å². The second-order valence-corrected chi connectivity index (χ2v) is 3.37. The van der Waals surface area contributed by atoms with Gasteiger partial charge >= 0.3 is 0 Å². The van der Waals surface area contributed by atoms with Gasteiger partial charge in [-0.25, -0.2) is 0 Å². The molecular weight excluding hydrogens is 162 g/mol. The number of unbranched alkanes of at least 4 members (excludes halogenated alkanes) is 2. The van der Waals surface area contributed by atoms with Crippen LogP contribution in [-0.2, 0) is 0 Å². The van der Waals surface area contributed by atoms with Crippen molar-refractivity contribution in [3.05, 3.63) is 0 Å². The van der Waals surface area contributed by atoms with E-state index in [1.165, 1.54) is 19.3 Å². The highest BCUT2D eigenvalue weighted by molar-refractivity contribution is 5.77. The van der Waals surface area contributed by atoms with Crippen LogP contribution in [0.15, 0.2) is 4.99 Å². The van der Waals surface area contributed by atoms with Gasteiger partial charge < -0.3 is 10.6 Å². The van der Waals surface area contributed by atoms with Crippen LogP contribution >= 0.6 is 0 Å². The van der Waals surface area contributed by atoms with E-state index in [0.29, 0.717) is 5.96 Å². The first kappa shape index (κ1) is 12.3. The lowest BCUT2D eigenvalue weighted by Gasteiger charge is -2.17. The normalized spacial score (nSPS) is 11.8. The second-order valence-electron chi connectivity index (χ2n) is 3.37. The van der Waals surface area contributed by atoms with Crippen LogP contribution in [0.3, 0.4) is 0 Å². The molecule has 0 aromatic heterocycles. The van der Waals surface area contributed by atoms with E-state index in [4.69, 9.17) is 5.73 Å². The van der Waals surface area contributed by atoms with Crippen LogP contribution in [0.25, 0.3) is 0 Å². The average Bonchev–Trinajstić information content (AvgIpc) is 2.14. The number of hydrogen-bond acceptors (Lipinski definition) is 1. The number of rotatable bonds is 6. The lowest BCUT2D eigenvalue weighted by molar-refractivity contribution is 0.469. The molecule has 3 nitrogen and oxygen atoms in total. The first-order valence-corrected chi connectivity index (χ1v) is 5.23. The van der Waals surface area contributed by atoms with Crippen molar-refractivity contribution in [2.45, 2.75) is 39.5 Å². The Morgan fingerprint density at radius 3 is 2.46 bits per heavy atom. The molecule has 0 spiro atoms. The minimum Gasteiger partial charge on any atom is -0.370 e. The standard InChI is InChI=1S/C10H23N3/c1-4-6-7-9-13(3)10(11)12-8-5-2/h4-9H2,1-3H3,(H2,11,12). The molecule has 2 N–H and O–H groups in total. The molecule has 0 aliphatic heterocycles. The molecule has 0 fully saturated rings. The Labute approximate surface area is 82.0 Å². The molecule has 0 aliphatic carbocycles. The third kappa shape index (κ3) is 6.43. The van der Waals surface area contributed by atoms with Gasteiger partial charge in [0.15, 0.2) is 5.96 Å². The summed E-state index contributed by atoms with van der Waals surface area (Å²) in [6.45, 7) is 6.17. The predicted molar refractivity (Wildman–Crippen MR) is 58.9 cm³/mol. The molecule has 0 amide bonds. The SMILES string of the molecule is CCCCCN(C)C(N)=NCCC. The summed E-state index contributed by atoms with van der Waals surface area (Å²) in [5, 5.41) is 0. The fraction of sp³-hybridized carbons (Fsp3) is 0.900. The summed E-state index contributed by atoms with van der Waals surface area (Å²) in [6.07, 6.45) is 4.78. The molecule has 0 unspecified atom stereocenters. The molecule has 0 aromatic rings. The van der Waals surface area contributed by atoms with Crippen LogP contribution < -0.4 is 5.73 Å². The van der Waals surface area contributed by atoms with Crippen molar-refractivity contribution in [1.29, 1.82) is 0 Å². The number of aliphatic imine (C=N–C) groups is 1. The zero-order valence-electron chi connectivity index (χ0n) is 9.21. The van der Waals surface area contributed by atoms with Crippen LogP contribution in [0.2, 0.25) is 0 Å². The molecule has 13 heavy (non-hydrogen) atoms. The Hall–Kier alpha value is -0.730. The average molecular weight is 185 g/mol. The van der Waals surface area contributed by atoms with Gasteiger partial charge in [-0.3, -0.25) is 4.99 Å². The van der Waals surface area contributed by atoms with Crippen molar-refractivity contribution in [3.63, 3.8) is 0 Å². The quantitative estimate of drug-likeness (QED) is 0.390. The Kier molecular flexibility index (Phi) is 7.45. The molecule has 0 aliphatic rings. The van der Waals surface area contributed by atoms with Gasteiger partial charge in [-0.15, -0.1) is 0 Å². The summed E-state index contributed by atoms with van der Waals surface area (Å²) < 4.78 is 0. The third-order valence-corrected chi connectivity index (χ3v) is 1.99. The topological polar surface area (TPSA) is 41.6 Å². The lowest BCUT2D eigenvalue weighted by Crippen LogP contribution is -2.34.